The van der Waals surface area contributed by atoms with Gasteiger partial charge in [-0.2, -0.15) is 13.2 Å². The summed E-state index contributed by atoms with van der Waals surface area (Å²) in [6.45, 7) is 0. The highest BCUT2D eigenvalue weighted by Crippen LogP contribution is 2.35. The van der Waals surface area contributed by atoms with Crippen molar-refractivity contribution in [3.63, 3.8) is 0 Å². The molecule has 2 rings (SSSR count). The molecule has 0 spiro atoms. The van der Waals surface area contributed by atoms with Crippen molar-refractivity contribution in [2.45, 2.75) is 36.6 Å². The number of hydrogen-bond acceptors (Lipinski definition) is 4. The van der Waals surface area contributed by atoms with Crippen LogP contribution < -0.4 is 10.6 Å². The summed E-state index contributed by atoms with van der Waals surface area (Å²) in [5.74, 6) is 0.741. The van der Waals surface area contributed by atoms with Crippen LogP contribution in [-0.2, 0) is 14.6 Å². The lowest BCUT2D eigenvalue weighted by molar-refractivity contribution is -0.160. The third kappa shape index (κ3) is 5.47. The molecule has 0 unspecified atom stereocenters. The first-order chi connectivity index (χ1) is 12.0. The lowest BCUT2D eigenvalue weighted by Crippen LogP contribution is -2.54. The number of carbonyl (C=O) groups excluding carboxylic acids is 1. The molecule has 2 N–H and O–H groups in total. The van der Waals surface area contributed by atoms with E-state index in [0.717, 1.165) is 6.26 Å². The minimum Gasteiger partial charge on any atom is -0.338 e. The Kier molecular flexibility index (Phi) is 5.68. The first-order valence-electron chi connectivity index (χ1n) is 7.81. The largest absolute Gasteiger partial charge is 0.407 e. The number of sulfone groups is 1. The van der Waals surface area contributed by atoms with Gasteiger partial charge in [-0.1, -0.05) is 36.3 Å². The average molecular weight is 388 g/mol. The van der Waals surface area contributed by atoms with Crippen molar-refractivity contribution < 1.29 is 26.4 Å². The van der Waals surface area contributed by atoms with Crippen LogP contribution in [0.2, 0.25) is 0 Å². The van der Waals surface area contributed by atoms with Gasteiger partial charge in [-0.05, 0) is 18.4 Å². The van der Waals surface area contributed by atoms with Gasteiger partial charge in [0.1, 0.15) is 27.5 Å². The number of halogens is 3. The van der Waals surface area contributed by atoms with Crippen LogP contribution >= 0.6 is 0 Å². The van der Waals surface area contributed by atoms with Crippen molar-refractivity contribution in [3.05, 3.63) is 35.9 Å². The monoisotopic (exact) mass is 388 g/mol. The smallest absolute Gasteiger partial charge is 0.338 e. The Hall–Kier alpha value is -2.05. The number of alkyl halides is 3. The van der Waals surface area contributed by atoms with Crippen molar-refractivity contribution in [1.29, 1.82) is 0 Å². The average Bonchev–Trinajstić information content (AvgIpc) is 3.30. The van der Waals surface area contributed by atoms with Gasteiger partial charge in [0, 0.05) is 6.26 Å². The van der Waals surface area contributed by atoms with E-state index in [1.165, 1.54) is 24.3 Å². The van der Waals surface area contributed by atoms with Gasteiger partial charge in [-0.15, -0.1) is 6.42 Å². The van der Waals surface area contributed by atoms with E-state index in [9.17, 15) is 26.4 Å². The number of rotatable bonds is 7. The fraction of sp³-hybridized carbons (Fsp3) is 0.471. The van der Waals surface area contributed by atoms with E-state index >= 15 is 0 Å². The third-order valence-electron chi connectivity index (χ3n) is 4.00. The van der Waals surface area contributed by atoms with E-state index in [4.69, 9.17) is 6.42 Å². The molecule has 2 atom stereocenters. The van der Waals surface area contributed by atoms with Crippen molar-refractivity contribution in [1.82, 2.24) is 10.6 Å². The van der Waals surface area contributed by atoms with Gasteiger partial charge in [0.05, 0.1) is 5.75 Å². The molecule has 1 amide bonds. The highest BCUT2D eigenvalue weighted by atomic mass is 32.2. The molecule has 9 heteroatoms. The van der Waals surface area contributed by atoms with E-state index < -0.39 is 45.3 Å². The Bertz CT molecular complexity index is 797. The normalized spacial score (nSPS) is 18.4. The fourth-order valence-electron chi connectivity index (χ4n) is 2.48. The van der Waals surface area contributed by atoms with Gasteiger partial charge < -0.3 is 5.32 Å². The summed E-state index contributed by atoms with van der Waals surface area (Å²) in [5, 5.41) is 4.63. The Labute approximate surface area is 150 Å². The lowest BCUT2D eigenvalue weighted by atomic mass is 10.1. The second kappa shape index (κ2) is 7.29. The lowest BCUT2D eigenvalue weighted by Gasteiger charge is -2.27. The summed E-state index contributed by atoms with van der Waals surface area (Å²) in [5.41, 5.74) is -1.01. The van der Waals surface area contributed by atoms with Gasteiger partial charge in [-0.3, -0.25) is 10.1 Å². The molecule has 142 valence electrons. The van der Waals surface area contributed by atoms with Crippen LogP contribution in [0.15, 0.2) is 30.3 Å². The van der Waals surface area contributed by atoms with Crippen molar-refractivity contribution in [3.8, 4) is 12.3 Å². The van der Waals surface area contributed by atoms with E-state index in [1.54, 1.807) is 6.07 Å². The molecular weight excluding hydrogens is 369 g/mol. The van der Waals surface area contributed by atoms with Gasteiger partial charge in [-0.25, -0.2) is 8.42 Å². The van der Waals surface area contributed by atoms with Gasteiger partial charge in [0.15, 0.2) is 0 Å². The Morgan fingerprint density at radius 2 is 1.88 bits per heavy atom. The molecule has 0 radical (unpaired) electrons. The molecule has 0 aromatic heterocycles. The quantitative estimate of drug-likeness (QED) is 0.696. The fourth-order valence-corrected chi connectivity index (χ4v) is 3.34. The zero-order valence-corrected chi connectivity index (χ0v) is 14.8. The number of benzene rings is 1. The molecule has 0 saturated heterocycles. The van der Waals surface area contributed by atoms with Crippen molar-refractivity contribution in [2.75, 3.05) is 12.0 Å². The number of carbonyl (C=O) groups is 1. The summed E-state index contributed by atoms with van der Waals surface area (Å²) in [7, 11) is -3.73. The second-order valence-corrected chi connectivity index (χ2v) is 8.60. The first-order valence-corrected chi connectivity index (χ1v) is 9.87. The summed E-state index contributed by atoms with van der Waals surface area (Å²) in [6, 6.07) is 3.14. The van der Waals surface area contributed by atoms with Crippen molar-refractivity contribution >= 4 is 15.7 Å². The van der Waals surface area contributed by atoms with Crippen molar-refractivity contribution in [2.24, 2.45) is 0 Å². The van der Waals surface area contributed by atoms with E-state index in [2.05, 4.69) is 16.6 Å². The minimum atomic E-state index is -4.72. The summed E-state index contributed by atoms with van der Waals surface area (Å²) >= 11 is 0. The molecule has 1 aromatic carbocycles. The molecule has 0 aliphatic heterocycles. The highest BCUT2D eigenvalue weighted by molar-refractivity contribution is 7.90. The predicted octanol–water partition coefficient (Wildman–Crippen LogP) is 1.57. The Morgan fingerprint density at radius 3 is 2.31 bits per heavy atom. The summed E-state index contributed by atoms with van der Waals surface area (Å²) in [4.78, 5) is 12.4. The van der Waals surface area contributed by atoms with Crippen LogP contribution in [0.25, 0.3) is 0 Å². The number of amides is 1. The van der Waals surface area contributed by atoms with E-state index in [0.29, 0.717) is 12.8 Å². The highest BCUT2D eigenvalue weighted by Gasteiger charge is 2.46. The third-order valence-corrected chi connectivity index (χ3v) is 4.94. The van der Waals surface area contributed by atoms with Gasteiger partial charge in [0.25, 0.3) is 0 Å². The molecule has 26 heavy (non-hydrogen) atoms. The van der Waals surface area contributed by atoms with Crippen LogP contribution in [-0.4, -0.2) is 44.1 Å². The topological polar surface area (TPSA) is 75.3 Å². The van der Waals surface area contributed by atoms with E-state index in [-0.39, 0.29) is 5.56 Å². The molecule has 0 bridgehead atoms. The molecule has 1 fully saturated rings. The van der Waals surface area contributed by atoms with Crippen LogP contribution in [0.1, 0.15) is 24.4 Å². The zero-order valence-electron chi connectivity index (χ0n) is 14.0. The van der Waals surface area contributed by atoms with Gasteiger partial charge in [0.2, 0.25) is 5.91 Å². The summed E-state index contributed by atoms with van der Waals surface area (Å²) < 4.78 is 63.8. The number of nitrogens with one attached hydrogen (secondary N) is 2. The van der Waals surface area contributed by atoms with Crippen LogP contribution in [0.4, 0.5) is 13.2 Å². The molecule has 1 aromatic rings. The van der Waals surface area contributed by atoms with E-state index in [1.807, 2.05) is 0 Å². The molecule has 1 aliphatic rings. The van der Waals surface area contributed by atoms with Crippen LogP contribution in [0.3, 0.4) is 0 Å². The van der Waals surface area contributed by atoms with Crippen LogP contribution in [0, 0.1) is 12.3 Å². The summed E-state index contributed by atoms with van der Waals surface area (Å²) in [6.07, 6.45) is 2.46. The maximum Gasteiger partial charge on any atom is 0.407 e. The minimum absolute atomic E-state index is 0.121. The molecule has 5 nitrogen and oxygen atoms in total. The number of hydrogen-bond donors (Lipinski definition) is 2. The van der Waals surface area contributed by atoms with Crippen LogP contribution in [0.5, 0.6) is 0 Å². The SMILES string of the molecule is C#CC1(NC(=O)[C@H](CS(C)(=O)=O)N[C@@H](c2ccccc2)C(F)(F)F)CC1. The second-order valence-electron chi connectivity index (χ2n) is 6.41. The van der Waals surface area contributed by atoms with Gasteiger partial charge >= 0.3 is 6.18 Å². The Balaban J connectivity index is 2.28. The zero-order chi connectivity index (χ0) is 19.6. The maximum absolute atomic E-state index is 13.5. The Morgan fingerprint density at radius 1 is 1.31 bits per heavy atom. The maximum atomic E-state index is 13.5. The molecule has 1 saturated carbocycles. The number of terminal acetylenes is 1. The first kappa shape index (κ1) is 20.3. The predicted molar refractivity (Wildman–Crippen MR) is 90.8 cm³/mol. The molecule has 0 heterocycles. The molecule has 1 aliphatic carbocycles. The molecular formula is C17H19F3N2O3S. The standard InChI is InChI=1S/C17H19F3N2O3S/c1-3-16(9-10-16)22-15(23)13(11-26(2,24)25)21-14(17(18,19)20)12-7-5-4-6-8-12/h1,4-8,13-14,21H,9-11H2,2H3,(H,22,23)/t13-,14-/m0/s1.